The first kappa shape index (κ1) is 14.0. The van der Waals surface area contributed by atoms with Gasteiger partial charge in [-0.15, -0.1) is 11.3 Å². The highest BCUT2D eigenvalue weighted by Gasteiger charge is 2.35. The number of nitrogens with one attached hydrogen (secondary N) is 1. The van der Waals surface area contributed by atoms with Crippen molar-refractivity contribution in [3.63, 3.8) is 0 Å². The number of carbonyl (C=O) groups is 2. The van der Waals surface area contributed by atoms with Crippen molar-refractivity contribution in [1.29, 1.82) is 0 Å². The van der Waals surface area contributed by atoms with Gasteiger partial charge in [0, 0.05) is 18.5 Å². The van der Waals surface area contributed by atoms with Crippen LogP contribution in [-0.2, 0) is 16.1 Å². The van der Waals surface area contributed by atoms with Gasteiger partial charge in [-0.3, -0.25) is 14.5 Å². The smallest absolute Gasteiger partial charge is 0.246 e. The van der Waals surface area contributed by atoms with E-state index in [0.29, 0.717) is 6.54 Å². The van der Waals surface area contributed by atoms with Gasteiger partial charge < -0.3 is 5.32 Å². The van der Waals surface area contributed by atoms with Gasteiger partial charge in [0.1, 0.15) is 0 Å². The zero-order valence-electron chi connectivity index (χ0n) is 11.7. The van der Waals surface area contributed by atoms with Crippen LogP contribution >= 0.6 is 11.3 Å². The molecule has 0 aliphatic carbocycles. The van der Waals surface area contributed by atoms with E-state index in [1.165, 1.54) is 23.1 Å². The topological polar surface area (TPSA) is 49.4 Å². The molecule has 2 heterocycles. The molecule has 5 heteroatoms. The number of imide groups is 1. The molecule has 2 aromatic rings. The Hall–Kier alpha value is -1.98. The Balaban J connectivity index is 1.64. The Kier molecular flexibility index (Phi) is 3.86. The quantitative estimate of drug-likeness (QED) is 0.881. The average Bonchev–Trinajstić information content (AvgIpc) is 3.07. The Morgan fingerprint density at radius 1 is 1.24 bits per heavy atom. The standard InChI is InChI=1S/C16H16N2O2S/c1-18-15(19)8-14(16(18)20)17-9-13-7-12(10-21-13)11-5-3-2-4-6-11/h2-7,10,14,17H,8-9H2,1H3. The van der Waals surface area contributed by atoms with Gasteiger partial charge in [0.15, 0.2) is 0 Å². The van der Waals surface area contributed by atoms with Gasteiger partial charge >= 0.3 is 0 Å². The summed E-state index contributed by atoms with van der Waals surface area (Å²) in [6.45, 7) is 0.606. The predicted octanol–water partition coefficient (Wildman–Crippen LogP) is 2.26. The molecule has 1 aromatic heterocycles. The molecular formula is C16H16N2O2S. The molecule has 1 saturated heterocycles. The zero-order chi connectivity index (χ0) is 14.8. The highest BCUT2D eigenvalue weighted by Crippen LogP contribution is 2.25. The van der Waals surface area contributed by atoms with Crippen molar-refractivity contribution >= 4 is 23.2 Å². The molecule has 1 aromatic carbocycles. The number of nitrogens with zero attached hydrogens (tertiary/aromatic N) is 1. The van der Waals surface area contributed by atoms with E-state index in [9.17, 15) is 9.59 Å². The monoisotopic (exact) mass is 300 g/mol. The summed E-state index contributed by atoms with van der Waals surface area (Å²) in [7, 11) is 1.53. The Morgan fingerprint density at radius 2 is 2.00 bits per heavy atom. The fourth-order valence-corrected chi connectivity index (χ4v) is 3.24. The van der Waals surface area contributed by atoms with Crippen molar-refractivity contribution < 1.29 is 9.59 Å². The minimum atomic E-state index is -0.384. The molecule has 0 bridgehead atoms. The van der Waals surface area contributed by atoms with Crippen molar-refractivity contribution in [3.8, 4) is 11.1 Å². The fourth-order valence-electron chi connectivity index (χ4n) is 2.39. The molecule has 1 unspecified atom stereocenters. The van der Waals surface area contributed by atoms with Crippen LogP contribution in [0.4, 0.5) is 0 Å². The Labute approximate surface area is 127 Å². The maximum absolute atomic E-state index is 11.8. The van der Waals surface area contributed by atoms with E-state index < -0.39 is 0 Å². The summed E-state index contributed by atoms with van der Waals surface area (Å²) >= 11 is 1.66. The summed E-state index contributed by atoms with van der Waals surface area (Å²) in [4.78, 5) is 25.6. The molecule has 21 heavy (non-hydrogen) atoms. The lowest BCUT2D eigenvalue weighted by molar-refractivity contribution is -0.137. The van der Waals surface area contributed by atoms with Crippen LogP contribution in [0.3, 0.4) is 0 Å². The lowest BCUT2D eigenvalue weighted by Gasteiger charge is -2.09. The Morgan fingerprint density at radius 3 is 2.67 bits per heavy atom. The first-order valence-electron chi connectivity index (χ1n) is 6.82. The SMILES string of the molecule is CN1C(=O)CC(NCc2cc(-c3ccccc3)cs2)C1=O. The molecule has 0 spiro atoms. The van der Waals surface area contributed by atoms with Gasteiger partial charge in [0.25, 0.3) is 0 Å². The van der Waals surface area contributed by atoms with Crippen molar-refractivity contribution in [1.82, 2.24) is 10.2 Å². The van der Waals surface area contributed by atoms with Crippen molar-refractivity contribution in [2.75, 3.05) is 7.05 Å². The summed E-state index contributed by atoms with van der Waals surface area (Å²) in [6, 6.07) is 11.9. The summed E-state index contributed by atoms with van der Waals surface area (Å²) in [5, 5.41) is 5.28. The predicted molar refractivity (Wildman–Crippen MR) is 82.8 cm³/mol. The number of thiophene rings is 1. The number of amides is 2. The van der Waals surface area contributed by atoms with Gasteiger partial charge in [0.2, 0.25) is 11.8 Å². The van der Waals surface area contributed by atoms with Crippen LogP contribution in [0.2, 0.25) is 0 Å². The molecule has 3 rings (SSSR count). The van der Waals surface area contributed by atoms with E-state index in [2.05, 4.69) is 28.9 Å². The Bertz CT molecular complexity index is 666. The molecule has 0 saturated carbocycles. The van der Waals surface area contributed by atoms with E-state index in [1.807, 2.05) is 18.2 Å². The van der Waals surface area contributed by atoms with Crippen LogP contribution < -0.4 is 5.32 Å². The van der Waals surface area contributed by atoms with Crippen LogP contribution in [0.25, 0.3) is 11.1 Å². The maximum atomic E-state index is 11.8. The van der Waals surface area contributed by atoms with E-state index in [1.54, 1.807) is 11.3 Å². The molecule has 2 amide bonds. The lowest BCUT2D eigenvalue weighted by atomic mass is 10.1. The van der Waals surface area contributed by atoms with Crippen LogP contribution in [0.15, 0.2) is 41.8 Å². The van der Waals surface area contributed by atoms with Crippen molar-refractivity contribution in [2.45, 2.75) is 19.0 Å². The minimum absolute atomic E-state index is 0.117. The highest BCUT2D eigenvalue weighted by molar-refractivity contribution is 7.10. The van der Waals surface area contributed by atoms with Crippen LogP contribution in [0, 0.1) is 0 Å². The second-order valence-corrected chi connectivity index (χ2v) is 6.09. The fraction of sp³-hybridized carbons (Fsp3) is 0.250. The van der Waals surface area contributed by atoms with Crippen molar-refractivity contribution in [3.05, 3.63) is 46.7 Å². The second kappa shape index (κ2) is 5.79. The summed E-state index contributed by atoms with van der Waals surface area (Å²) in [5.41, 5.74) is 2.37. The van der Waals surface area contributed by atoms with Crippen molar-refractivity contribution in [2.24, 2.45) is 0 Å². The maximum Gasteiger partial charge on any atom is 0.246 e. The van der Waals surface area contributed by atoms with E-state index in [4.69, 9.17) is 0 Å². The highest BCUT2D eigenvalue weighted by atomic mass is 32.1. The van der Waals surface area contributed by atoms with Gasteiger partial charge in [-0.05, 0) is 22.6 Å². The molecule has 0 radical (unpaired) electrons. The van der Waals surface area contributed by atoms with Crippen LogP contribution in [-0.4, -0.2) is 29.8 Å². The summed E-state index contributed by atoms with van der Waals surface area (Å²) < 4.78 is 0. The number of likely N-dealkylation sites (N-methyl/N-ethyl adjacent to an activating group) is 1. The van der Waals surface area contributed by atoms with Crippen LogP contribution in [0.1, 0.15) is 11.3 Å². The number of rotatable bonds is 4. The largest absolute Gasteiger partial charge is 0.300 e. The number of carbonyl (C=O) groups excluding carboxylic acids is 2. The number of benzene rings is 1. The first-order valence-corrected chi connectivity index (χ1v) is 7.70. The average molecular weight is 300 g/mol. The number of hydrogen-bond donors (Lipinski definition) is 1. The third kappa shape index (κ3) is 2.89. The molecule has 108 valence electrons. The second-order valence-electron chi connectivity index (χ2n) is 5.10. The van der Waals surface area contributed by atoms with E-state index >= 15 is 0 Å². The summed E-state index contributed by atoms with van der Waals surface area (Å²) in [6.07, 6.45) is 0.256. The van der Waals surface area contributed by atoms with Crippen LogP contribution in [0.5, 0.6) is 0 Å². The summed E-state index contributed by atoms with van der Waals surface area (Å²) in [5.74, 6) is -0.256. The molecule has 1 fully saturated rings. The number of likely N-dealkylation sites (tertiary alicyclic amines) is 1. The lowest BCUT2D eigenvalue weighted by Crippen LogP contribution is -2.36. The molecule has 1 atom stereocenters. The van der Waals surface area contributed by atoms with Gasteiger partial charge in [-0.25, -0.2) is 0 Å². The molecule has 4 nitrogen and oxygen atoms in total. The zero-order valence-corrected chi connectivity index (χ0v) is 12.5. The van der Waals surface area contributed by atoms with E-state index in [0.717, 1.165) is 4.88 Å². The number of hydrogen-bond acceptors (Lipinski definition) is 4. The van der Waals surface area contributed by atoms with Gasteiger partial charge in [0.05, 0.1) is 12.5 Å². The molecular weight excluding hydrogens is 284 g/mol. The van der Waals surface area contributed by atoms with Gasteiger partial charge in [-0.1, -0.05) is 30.3 Å². The third-order valence-electron chi connectivity index (χ3n) is 3.67. The first-order chi connectivity index (χ1) is 10.1. The molecule has 1 aliphatic rings. The molecule has 1 N–H and O–H groups in total. The van der Waals surface area contributed by atoms with Gasteiger partial charge in [-0.2, -0.15) is 0 Å². The van der Waals surface area contributed by atoms with E-state index in [-0.39, 0.29) is 24.3 Å². The molecule has 1 aliphatic heterocycles. The minimum Gasteiger partial charge on any atom is -0.300 e. The third-order valence-corrected chi connectivity index (χ3v) is 4.60. The normalized spacial score (nSPS) is 18.5.